The van der Waals surface area contributed by atoms with Gasteiger partial charge in [-0.3, -0.25) is 9.59 Å². The van der Waals surface area contributed by atoms with Gasteiger partial charge in [-0.2, -0.15) is 0 Å². The maximum absolute atomic E-state index is 12.0. The zero-order valence-electron chi connectivity index (χ0n) is 13.9. The fourth-order valence-corrected chi connectivity index (χ4v) is 4.22. The number of hydrogen-bond acceptors (Lipinski definition) is 5. The van der Waals surface area contributed by atoms with Gasteiger partial charge in [0.2, 0.25) is 5.91 Å². The van der Waals surface area contributed by atoms with Crippen LogP contribution >= 0.6 is 38.6 Å². The number of aryl methyl sites for hydroxylation is 1. The topological polar surface area (TPSA) is 71.1 Å². The molecular weight excluding hydrogens is 434 g/mol. The van der Waals surface area contributed by atoms with E-state index in [0.29, 0.717) is 12.1 Å². The summed E-state index contributed by atoms with van der Waals surface area (Å²) < 4.78 is 0.818. The summed E-state index contributed by atoms with van der Waals surface area (Å²) in [4.78, 5) is 30.6. The normalized spacial score (nSPS) is 10.5. The molecule has 0 atom stereocenters. The number of nitrogens with one attached hydrogen (secondary N) is 2. The van der Waals surface area contributed by atoms with Gasteiger partial charge in [0, 0.05) is 20.3 Å². The summed E-state index contributed by atoms with van der Waals surface area (Å²) in [6.45, 7) is 2.35. The third kappa shape index (κ3) is 5.00. The number of benzene rings is 1. The van der Waals surface area contributed by atoms with Crippen LogP contribution in [-0.4, -0.2) is 23.3 Å². The number of carbonyl (C=O) groups excluding carboxylic acids is 2. The summed E-state index contributed by atoms with van der Waals surface area (Å²) >= 11 is 6.54. The lowest BCUT2D eigenvalue weighted by Gasteiger charge is -2.06. The molecule has 0 aliphatic carbocycles. The molecule has 2 N–H and O–H groups in total. The molecule has 0 saturated heterocycles. The zero-order chi connectivity index (χ0) is 18.5. The minimum absolute atomic E-state index is 0.0607. The lowest BCUT2D eigenvalue weighted by atomic mass is 10.2. The first-order valence-electron chi connectivity index (χ1n) is 7.83. The van der Waals surface area contributed by atoms with Crippen molar-refractivity contribution in [1.82, 2.24) is 15.6 Å². The Morgan fingerprint density at radius 1 is 1.19 bits per heavy atom. The maximum Gasteiger partial charge on any atom is 0.251 e. The van der Waals surface area contributed by atoms with E-state index in [0.717, 1.165) is 24.9 Å². The Morgan fingerprint density at radius 3 is 2.77 bits per heavy atom. The van der Waals surface area contributed by atoms with Crippen molar-refractivity contribution >= 4 is 50.4 Å². The van der Waals surface area contributed by atoms with Crippen LogP contribution in [0, 0.1) is 6.92 Å². The molecule has 1 aromatic carbocycles. The number of amides is 2. The Kier molecular flexibility index (Phi) is 6.18. The summed E-state index contributed by atoms with van der Waals surface area (Å²) in [7, 11) is 0. The van der Waals surface area contributed by atoms with Crippen molar-refractivity contribution in [1.29, 1.82) is 0 Å². The number of aromatic nitrogens is 1. The minimum atomic E-state index is -0.279. The van der Waals surface area contributed by atoms with Gasteiger partial charge in [-0.25, -0.2) is 4.98 Å². The highest BCUT2D eigenvalue weighted by Gasteiger charge is 2.10. The van der Waals surface area contributed by atoms with Gasteiger partial charge in [-0.1, -0.05) is 22.0 Å². The van der Waals surface area contributed by atoms with Gasteiger partial charge in [-0.15, -0.1) is 22.7 Å². The van der Waals surface area contributed by atoms with E-state index in [4.69, 9.17) is 0 Å². The lowest BCUT2D eigenvalue weighted by Crippen LogP contribution is -2.36. The molecule has 0 spiro atoms. The number of thiazole rings is 1. The van der Waals surface area contributed by atoms with E-state index in [1.54, 1.807) is 40.9 Å². The second-order valence-electron chi connectivity index (χ2n) is 5.49. The van der Waals surface area contributed by atoms with Crippen LogP contribution in [0.15, 0.2) is 46.3 Å². The highest BCUT2D eigenvalue weighted by Crippen LogP contribution is 2.28. The van der Waals surface area contributed by atoms with E-state index in [2.05, 4.69) is 31.5 Å². The van der Waals surface area contributed by atoms with Gasteiger partial charge in [0.25, 0.3) is 5.91 Å². The van der Waals surface area contributed by atoms with E-state index in [1.165, 1.54) is 0 Å². The molecular formula is C18H16BrN3O2S2. The van der Waals surface area contributed by atoms with Crippen LogP contribution in [0.2, 0.25) is 0 Å². The van der Waals surface area contributed by atoms with Crippen molar-refractivity contribution in [2.45, 2.75) is 13.5 Å². The molecule has 2 amide bonds. The molecule has 0 saturated carbocycles. The average molecular weight is 450 g/mol. The Balaban J connectivity index is 1.47. The van der Waals surface area contributed by atoms with Crippen molar-refractivity contribution in [2.75, 3.05) is 6.54 Å². The monoisotopic (exact) mass is 449 g/mol. The van der Waals surface area contributed by atoms with Gasteiger partial charge in [0.1, 0.15) is 0 Å². The van der Waals surface area contributed by atoms with Gasteiger partial charge in [-0.05, 0) is 37.3 Å². The van der Waals surface area contributed by atoms with Crippen LogP contribution in [0.4, 0.5) is 0 Å². The van der Waals surface area contributed by atoms with Gasteiger partial charge >= 0.3 is 0 Å². The predicted molar refractivity (Wildman–Crippen MR) is 108 cm³/mol. The summed E-state index contributed by atoms with van der Waals surface area (Å²) in [5.74, 6) is -0.508. The quantitative estimate of drug-likeness (QED) is 0.597. The predicted octanol–water partition coefficient (Wildman–Crippen LogP) is 3.99. The molecule has 0 fully saturated rings. The summed E-state index contributed by atoms with van der Waals surface area (Å²) in [5, 5.41) is 8.50. The Hall–Kier alpha value is -2.03. The fraction of sp³-hybridized carbons (Fsp3) is 0.167. The van der Waals surface area contributed by atoms with Crippen molar-refractivity contribution in [3.8, 4) is 10.6 Å². The number of halogens is 1. The summed E-state index contributed by atoms with van der Waals surface area (Å²) in [6, 6.07) is 11.0. The smallest absolute Gasteiger partial charge is 0.251 e. The van der Waals surface area contributed by atoms with Crippen LogP contribution in [0.1, 0.15) is 20.2 Å². The number of nitrogens with zero attached hydrogens (tertiary/aromatic N) is 1. The molecule has 5 nitrogen and oxygen atoms in total. The Labute approximate surface area is 167 Å². The maximum atomic E-state index is 12.0. The van der Waals surface area contributed by atoms with Gasteiger partial charge in [0.05, 0.1) is 28.7 Å². The largest absolute Gasteiger partial charge is 0.350 e. The summed E-state index contributed by atoms with van der Waals surface area (Å²) in [6.07, 6.45) is 0. The molecule has 0 aliphatic rings. The highest BCUT2D eigenvalue weighted by atomic mass is 79.9. The molecule has 2 aromatic heterocycles. The van der Waals surface area contributed by atoms with Crippen molar-refractivity contribution < 1.29 is 9.59 Å². The minimum Gasteiger partial charge on any atom is -0.350 e. The van der Waals surface area contributed by atoms with Crippen molar-refractivity contribution in [3.63, 3.8) is 0 Å². The van der Waals surface area contributed by atoms with Crippen LogP contribution in [0.25, 0.3) is 10.6 Å². The van der Waals surface area contributed by atoms with E-state index in [1.807, 2.05) is 30.5 Å². The number of thiophene rings is 1. The SMILES string of the molecule is Cc1nc(-c2ccc(CNC(=O)CNC(=O)c3cccc(Br)c3)s2)cs1. The van der Waals surface area contributed by atoms with Gasteiger partial charge < -0.3 is 10.6 Å². The number of hydrogen-bond donors (Lipinski definition) is 2. The Bertz CT molecular complexity index is 936. The average Bonchev–Trinajstić information content (AvgIpc) is 3.26. The molecule has 0 bridgehead atoms. The molecule has 0 aliphatic heterocycles. The number of carbonyl (C=O) groups is 2. The van der Waals surface area contributed by atoms with Crippen LogP contribution in [-0.2, 0) is 11.3 Å². The van der Waals surface area contributed by atoms with Crippen LogP contribution in [0.3, 0.4) is 0 Å². The third-order valence-corrected chi connectivity index (χ3v) is 5.86. The number of rotatable bonds is 6. The van der Waals surface area contributed by atoms with Gasteiger partial charge in [0.15, 0.2) is 0 Å². The first kappa shape index (κ1) is 18.8. The molecule has 2 heterocycles. The molecule has 3 rings (SSSR count). The molecule has 134 valence electrons. The molecule has 0 unspecified atom stereocenters. The van der Waals surface area contributed by atoms with Crippen LogP contribution in [0.5, 0.6) is 0 Å². The van der Waals surface area contributed by atoms with E-state index < -0.39 is 0 Å². The third-order valence-electron chi connectivity index (χ3n) is 3.49. The zero-order valence-corrected chi connectivity index (χ0v) is 17.1. The second kappa shape index (κ2) is 8.57. The lowest BCUT2D eigenvalue weighted by molar-refractivity contribution is -0.120. The molecule has 26 heavy (non-hydrogen) atoms. The standard InChI is InChI=1S/C18H16BrN3O2S2/c1-11-22-15(10-25-11)16-6-5-14(26-16)8-20-17(23)9-21-18(24)12-3-2-4-13(19)7-12/h2-7,10H,8-9H2,1H3,(H,20,23)(H,21,24). The first-order valence-corrected chi connectivity index (χ1v) is 10.3. The van der Waals surface area contributed by atoms with E-state index in [-0.39, 0.29) is 18.4 Å². The first-order chi connectivity index (χ1) is 12.5. The molecule has 3 aromatic rings. The van der Waals surface area contributed by atoms with Crippen molar-refractivity contribution in [2.24, 2.45) is 0 Å². The molecule has 8 heteroatoms. The molecule has 0 radical (unpaired) electrons. The van der Waals surface area contributed by atoms with Crippen LogP contribution < -0.4 is 10.6 Å². The second-order valence-corrected chi connectivity index (χ2v) is 8.63. The van der Waals surface area contributed by atoms with Crippen molar-refractivity contribution in [3.05, 3.63) is 61.7 Å². The highest BCUT2D eigenvalue weighted by molar-refractivity contribution is 9.10. The fourth-order valence-electron chi connectivity index (χ4n) is 2.23. The van der Waals surface area contributed by atoms with E-state index >= 15 is 0 Å². The Morgan fingerprint density at radius 2 is 2.04 bits per heavy atom. The van der Waals surface area contributed by atoms with E-state index in [9.17, 15) is 9.59 Å². The summed E-state index contributed by atoms with van der Waals surface area (Å²) in [5.41, 5.74) is 1.48.